The van der Waals surface area contributed by atoms with Gasteiger partial charge in [0.05, 0.1) is 21.7 Å². The Kier molecular flexibility index (Phi) is 3.85. The average molecular weight is 318 g/mol. The fourth-order valence-electron chi connectivity index (χ4n) is 1.41. The lowest BCUT2D eigenvalue weighted by molar-refractivity contribution is -0.145. The van der Waals surface area contributed by atoms with E-state index in [4.69, 9.17) is 9.31 Å². The molecule has 90 valence electrons. The largest absolute Gasteiger partial charge is 0.647 e. The molecule has 1 aromatic rings. The summed E-state index contributed by atoms with van der Waals surface area (Å²) in [6, 6.07) is 3.57. The molecular formula is C9H9BBrNO4S. The van der Waals surface area contributed by atoms with Gasteiger partial charge in [-0.2, -0.15) is 0 Å². The number of hydrogen-bond acceptors (Lipinski definition) is 6. The Morgan fingerprint density at radius 2 is 1.88 bits per heavy atom. The molecule has 0 saturated carbocycles. The Bertz CT molecular complexity index is 432. The summed E-state index contributed by atoms with van der Waals surface area (Å²) in [5, 5.41) is 0. The molecule has 2 heterocycles. The number of halogens is 1. The van der Waals surface area contributed by atoms with Crippen molar-refractivity contribution in [1.82, 2.24) is 4.90 Å². The van der Waals surface area contributed by atoms with Gasteiger partial charge in [-0.05, 0) is 35.1 Å². The SMILES string of the molecule is CN1CC(=O)OB(c2ccc(Br)s2)OC(=O)C1. The van der Waals surface area contributed by atoms with Crippen LogP contribution in [-0.2, 0) is 18.9 Å². The summed E-state index contributed by atoms with van der Waals surface area (Å²) in [5.41, 5.74) is 0. The topological polar surface area (TPSA) is 55.8 Å². The lowest BCUT2D eigenvalue weighted by atomic mass is 9.87. The molecule has 5 nitrogen and oxygen atoms in total. The average Bonchev–Trinajstić information content (AvgIpc) is 2.61. The van der Waals surface area contributed by atoms with Crippen molar-refractivity contribution in [2.24, 2.45) is 0 Å². The second-order valence-electron chi connectivity index (χ2n) is 3.63. The molecular weight excluding hydrogens is 309 g/mol. The second-order valence-corrected chi connectivity index (χ2v) is 6.12. The highest BCUT2D eigenvalue weighted by molar-refractivity contribution is 9.11. The van der Waals surface area contributed by atoms with E-state index in [0.29, 0.717) is 4.78 Å². The van der Waals surface area contributed by atoms with Crippen LogP contribution in [0.2, 0.25) is 0 Å². The Labute approximate surface area is 111 Å². The highest BCUT2D eigenvalue weighted by Crippen LogP contribution is 2.16. The first-order valence-electron chi connectivity index (χ1n) is 4.87. The van der Waals surface area contributed by atoms with Gasteiger partial charge in [0.2, 0.25) is 0 Å². The van der Waals surface area contributed by atoms with Crippen molar-refractivity contribution in [1.29, 1.82) is 0 Å². The molecule has 17 heavy (non-hydrogen) atoms. The first kappa shape index (κ1) is 12.6. The van der Waals surface area contributed by atoms with Gasteiger partial charge in [-0.1, -0.05) is 0 Å². The fraction of sp³-hybridized carbons (Fsp3) is 0.333. The summed E-state index contributed by atoms with van der Waals surface area (Å²) in [6.45, 7) is 0.163. The van der Waals surface area contributed by atoms with Gasteiger partial charge in [-0.3, -0.25) is 14.5 Å². The maximum absolute atomic E-state index is 11.5. The molecule has 1 saturated heterocycles. The second kappa shape index (κ2) is 5.20. The van der Waals surface area contributed by atoms with E-state index in [1.54, 1.807) is 18.0 Å². The van der Waals surface area contributed by atoms with E-state index in [1.807, 2.05) is 6.07 Å². The van der Waals surface area contributed by atoms with Crippen molar-refractivity contribution in [2.45, 2.75) is 0 Å². The third-order valence-corrected chi connectivity index (χ3v) is 3.75. The molecule has 0 amide bonds. The zero-order valence-electron chi connectivity index (χ0n) is 9.01. The van der Waals surface area contributed by atoms with Crippen LogP contribution in [0.1, 0.15) is 0 Å². The summed E-state index contributed by atoms with van der Waals surface area (Å²) < 4.78 is 11.8. The van der Waals surface area contributed by atoms with Crippen molar-refractivity contribution in [3.8, 4) is 0 Å². The zero-order chi connectivity index (χ0) is 12.4. The fourth-order valence-corrected chi connectivity index (χ4v) is 2.79. The minimum absolute atomic E-state index is 0.0815. The third kappa shape index (κ3) is 3.30. The van der Waals surface area contributed by atoms with Crippen LogP contribution in [0.25, 0.3) is 0 Å². The van der Waals surface area contributed by atoms with E-state index in [9.17, 15) is 9.59 Å². The Balaban J connectivity index is 2.16. The number of carbonyl (C=O) groups excluding carboxylic acids is 2. The van der Waals surface area contributed by atoms with Gasteiger partial charge in [0.15, 0.2) is 0 Å². The van der Waals surface area contributed by atoms with Gasteiger partial charge >= 0.3 is 19.1 Å². The van der Waals surface area contributed by atoms with Crippen LogP contribution in [0.5, 0.6) is 0 Å². The minimum atomic E-state index is -0.931. The quantitative estimate of drug-likeness (QED) is 0.694. The highest BCUT2D eigenvalue weighted by atomic mass is 79.9. The Morgan fingerprint density at radius 1 is 1.29 bits per heavy atom. The molecule has 0 atom stereocenters. The molecule has 1 aliphatic rings. The molecule has 0 unspecified atom stereocenters. The molecule has 8 heteroatoms. The first-order chi connectivity index (χ1) is 8.04. The van der Waals surface area contributed by atoms with Crippen molar-refractivity contribution < 1.29 is 18.9 Å². The number of carbonyl (C=O) groups is 2. The zero-order valence-corrected chi connectivity index (χ0v) is 11.4. The van der Waals surface area contributed by atoms with Gasteiger partial charge in [0.25, 0.3) is 0 Å². The first-order valence-corrected chi connectivity index (χ1v) is 6.48. The number of thiophene rings is 1. The summed E-state index contributed by atoms with van der Waals surface area (Å²) in [6.07, 6.45) is 0. The van der Waals surface area contributed by atoms with Crippen LogP contribution >= 0.6 is 27.3 Å². The molecule has 0 aliphatic carbocycles. The molecule has 0 aromatic carbocycles. The summed E-state index contributed by atoms with van der Waals surface area (Å²) in [5.74, 6) is -0.816. The van der Waals surface area contributed by atoms with Gasteiger partial charge in [0, 0.05) is 0 Å². The molecule has 1 fully saturated rings. The number of hydrogen-bond donors (Lipinski definition) is 0. The van der Waals surface area contributed by atoms with Crippen LogP contribution in [0.4, 0.5) is 0 Å². The lowest BCUT2D eigenvalue weighted by Crippen LogP contribution is -2.46. The molecule has 1 aliphatic heterocycles. The van der Waals surface area contributed by atoms with Crippen LogP contribution in [0, 0.1) is 0 Å². The van der Waals surface area contributed by atoms with Crippen LogP contribution in [0.3, 0.4) is 0 Å². The maximum Gasteiger partial charge on any atom is 0.647 e. The molecule has 0 bridgehead atoms. The van der Waals surface area contributed by atoms with E-state index < -0.39 is 19.1 Å². The van der Waals surface area contributed by atoms with Crippen LogP contribution < -0.4 is 4.78 Å². The van der Waals surface area contributed by atoms with Gasteiger partial charge in [0.1, 0.15) is 0 Å². The van der Waals surface area contributed by atoms with E-state index >= 15 is 0 Å². The number of nitrogens with zero attached hydrogens (tertiary/aromatic N) is 1. The predicted octanol–water partition coefficient (Wildman–Crippen LogP) is 0.238. The molecule has 0 radical (unpaired) electrons. The van der Waals surface area contributed by atoms with E-state index in [2.05, 4.69) is 15.9 Å². The summed E-state index contributed by atoms with van der Waals surface area (Å²) in [7, 11) is 0.727. The van der Waals surface area contributed by atoms with Crippen molar-refractivity contribution in [3.63, 3.8) is 0 Å². The molecule has 0 N–H and O–H groups in total. The summed E-state index contributed by atoms with van der Waals surface area (Å²) >= 11 is 4.67. The van der Waals surface area contributed by atoms with Crippen molar-refractivity contribution in [3.05, 3.63) is 15.9 Å². The highest BCUT2D eigenvalue weighted by Gasteiger charge is 2.34. The summed E-state index contributed by atoms with van der Waals surface area (Å²) in [4.78, 5) is 24.5. The third-order valence-electron chi connectivity index (χ3n) is 2.10. The number of likely N-dealkylation sites (N-methyl/N-ethyl adjacent to an activating group) is 1. The molecule has 0 spiro atoms. The standard InChI is InChI=1S/C9H9BBrNO4S/c1-12-4-8(13)15-10(16-9(14)5-12)6-2-3-7(11)17-6/h2-3H,4-5H2,1H3. The van der Waals surface area contributed by atoms with Gasteiger partial charge in [-0.25, -0.2) is 0 Å². The van der Waals surface area contributed by atoms with Crippen LogP contribution in [0.15, 0.2) is 15.9 Å². The lowest BCUT2D eigenvalue weighted by Gasteiger charge is -2.21. The van der Waals surface area contributed by atoms with E-state index in [1.165, 1.54) is 11.3 Å². The van der Waals surface area contributed by atoms with Crippen molar-refractivity contribution >= 4 is 51.1 Å². The van der Waals surface area contributed by atoms with E-state index in [-0.39, 0.29) is 13.1 Å². The van der Waals surface area contributed by atoms with Crippen LogP contribution in [-0.4, -0.2) is 44.1 Å². The maximum atomic E-state index is 11.5. The van der Waals surface area contributed by atoms with Gasteiger partial charge < -0.3 is 9.31 Å². The molecule has 2 rings (SSSR count). The van der Waals surface area contributed by atoms with E-state index in [0.717, 1.165) is 3.79 Å². The smallest absolute Gasteiger partial charge is 0.494 e. The number of rotatable bonds is 1. The molecule has 1 aromatic heterocycles. The minimum Gasteiger partial charge on any atom is -0.494 e. The normalized spacial score (nSPS) is 18.4. The Hall–Kier alpha value is -0.855. The predicted molar refractivity (Wildman–Crippen MR) is 67.1 cm³/mol. The monoisotopic (exact) mass is 317 g/mol. The Morgan fingerprint density at radius 3 is 2.35 bits per heavy atom. The van der Waals surface area contributed by atoms with Gasteiger partial charge in [-0.15, -0.1) is 11.3 Å². The van der Waals surface area contributed by atoms with Crippen molar-refractivity contribution in [2.75, 3.05) is 20.1 Å².